The van der Waals surface area contributed by atoms with Crippen LogP contribution in [0.15, 0.2) is 29.3 Å². The van der Waals surface area contributed by atoms with Crippen molar-refractivity contribution in [3.05, 3.63) is 29.8 Å². The number of carboxylic acids is 1. The summed E-state index contributed by atoms with van der Waals surface area (Å²) in [6.07, 6.45) is 0.209. The predicted molar refractivity (Wildman–Crippen MR) is 184 cm³/mol. The van der Waals surface area contributed by atoms with Gasteiger partial charge in [0.05, 0.1) is 13.0 Å². The monoisotopic (exact) mass is 718 g/mol. The van der Waals surface area contributed by atoms with Crippen LogP contribution in [0.25, 0.3) is 0 Å². The van der Waals surface area contributed by atoms with Gasteiger partial charge in [-0.1, -0.05) is 26.0 Å². The average molecular weight is 719 g/mol. The molecule has 1 heterocycles. The zero-order valence-corrected chi connectivity index (χ0v) is 28.8. The van der Waals surface area contributed by atoms with Crippen LogP contribution in [0, 0.1) is 5.92 Å². The number of phenolic OH excluding ortho intramolecular Hbond substituents is 1. The smallest absolute Gasteiger partial charge is 0.305 e. The molecular weight excluding hydrogens is 668 g/mol. The van der Waals surface area contributed by atoms with Crippen LogP contribution in [-0.2, 0) is 40.0 Å². The van der Waals surface area contributed by atoms with E-state index in [0.29, 0.717) is 18.4 Å². The molecule has 0 bridgehead atoms. The van der Waals surface area contributed by atoms with E-state index >= 15 is 0 Å². The van der Waals surface area contributed by atoms with Crippen LogP contribution in [0.1, 0.15) is 57.9 Å². The summed E-state index contributed by atoms with van der Waals surface area (Å²) in [5.41, 5.74) is 16.9. The number of carbonyl (C=O) groups excluding carboxylic acids is 6. The highest BCUT2D eigenvalue weighted by atomic mass is 16.4. The van der Waals surface area contributed by atoms with Crippen LogP contribution in [0.5, 0.6) is 5.75 Å². The number of nitrogens with two attached hydrogens (primary N) is 3. The van der Waals surface area contributed by atoms with Crippen LogP contribution in [-0.4, -0.2) is 107 Å². The molecule has 51 heavy (non-hydrogen) atoms. The molecule has 0 saturated carbocycles. The van der Waals surface area contributed by atoms with Gasteiger partial charge in [-0.05, 0) is 62.3 Å². The van der Waals surface area contributed by atoms with Gasteiger partial charge in [0.25, 0.3) is 0 Å². The molecule has 1 aromatic carbocycles. The van der Waals surface area contributed by atoms with Crippen molar-refractivity contribution in [1.29, 1.82) is 0 Å². The fourth-order valence-corrected chi connectivity index (χ4v) is 5.13. The number of nitrogens with zero attached hydrogens (tertiary/aromatic N) is 1. The van der Waals surface area contributed by atoms with E-state index in [9.17, 15) is 43.8 Å². The predicted octanol–water partition coefficient (Wildman–Crippen LogP) is -3.20. The number of guanidine groups is 1. The van der Waals surface area contributed by atoms with Crippen molar-refractivity contribution in [3.63, 3.8) is 0 Å². The van der Waals surface area contributed by atoms with E-state index in [1.54, 1.807) is 13.8 Å². The number of carbonyl (C=O) groups is 7. The van der Waals surface area contributed by atoms with Gasteiger partial charge in [-0.2, -0.15) is 0 Å². The lowest BCUT2D eigenvalue weighted by Crippen LogP contribution is -2.61. The Morgan fingerprint density at radius 2 is 1.35 bits per heavy atom. The summed E-state index contributed by atoms with van der Waals surface area (Å²) < 4.78 is 0. The average Bonchev–Trinajstić information content (AvgIpc) is 3.06. The normalized spacial score (nSPS) is 22.6. The SMILES string of the molecule is CC(C)[C@@H]1NC(=O)[C@H](CC(=O)O)NC(=O)[C@H](CCCCN)NC(=O)[C@H](CCCN=C(N)N)NC(=O)CNC(=O)[C@H](Cc2ccc(O)cc2)NC1=O. The minimum Gasteiger partial charge on any atom is -0.508 e. The molecule has 14 N–H and O–H groups in total. The topological polar surface area (TPSA) is 323 Å². The first kappa shape index (κ1) is 41.7. The van der Waals surface area contributed by atoms with Gasteiger partial charge in [0.1, 0.15) is 36.0 Å². The highest BCUT2D eigenvalue weighted by molar-refractivity contribution is 5.98. The van der Waals surface area contributed by atoms with Crippen molar-refractivity contribution >= 4 is 47.4 Å². The van der Waals surface area contributed by atoms with Crippen LogP contribution in [0.3, 0.4) is 0 Å². The number of benzene rings is 1. The lowest BCUT2D eigenvalue weighted by molar-refractivity contribution is -0.142. The third kappa shape index (κ3) is 14.9. The lowest BCUT2D eigenvalue weighted by Gasteiger charge is -2.28. The molecule has 1 aromatic rings. The Hall–Kier alpha value is -5.46. The lowest BCUT2D eigenvalue weighted by atomic mass is 10.00. The first-order valence-corrected chi connectivity index (χ1v) is 16.6. The maximum atomic E-state index is 13.6. The van der Waals surface area contributed by atoms with E-state index in [0.717, 1.165) is 0 Å². The molecule has 1 fully saturated rings. The van der Waals surface area contributed by atoms with E-state index in [4.69, 9.17) is 17.2 Å². The Morgan fingerprint density at radius 3 is 1.94 bits per heavy atom. The fraction of sp³-hybridized carbons (Fsp3) is 0.562. The number of phenols is 1. The highest BCUT2D eigenvalue weighted by Crippen LogP contribution is 2.13. The number of unbranched alkanes of at least 4 members (excludes halogenated alkanes) is 1. The summed E-state index contributed by atoms with van der Waals surface area (Å²) in [4.78, 5) is 96.3. The second kappa shape index (κ2) is 20.9. The molecule has 0 aromatic heterocycles. The molecule has 1 saturated heterocycles. The first-order valence-electron chi connectivity index (χ1n) is 16.6. The third-order valence-electron chi connectivity index (χ3n) is 7.87. The number of amides is 6. The van der Waals surface area contributed by atoms with E-state index in [1.165, 1.54) is 24.3 Å². The number of aromatic hydroxyl groups is 1. The van der Waals surface area contributed by atoms with Crippen LogP contribution in [0.4, 0.5) is 0 Å². The number of carboxylic acid groups (broad SMARTS) is 1. The number of aliphatic imine (C=N–C) groups is 1. The molecule has 1 aliphatic heterocycles. The molecule has 0 radical (unpaired) electrons. The number of nitrogens with one attached hydrogen (secondary N) is 6. The summed E-state index contributed by atoms with van der Waals surface area (Å²) in [5.74, 6) is -7.18. The van der Waals surface area contributed by atoms with Gasteiger partial charge in [-0.25, -0.2) is 0 Å². The summed E-state index contributed by atoms with van der Waals surface area (Å²) >= 11 is 0. The van der Waals surface area contributed by atoms with Gasteiger partial charge in [0.15, 0.2) is 5.96 Å². The molecule has 19 heteroatoms. The van der Waals surface area contributed by atoms with Crippen molar-refractivity contribution in [3.8, 4) is 5.75 Å². The standard InChI is InChI=1S/C32H50N10O9/c1-17(2)26-31(51)41-22(14-18-8-10-19(43)11-9-18)27(47)37-16-24(44)38-20(7-5-13-36-32(34)35)28(48)39-21(6-3-4-12-33)29(49)40-23(15-25(45)46)30(50)42-26/h8-11,17,20-23,26,43H,3-7,12-16,33H2,1-2H3,(H,37,47)(H,38,44)(H,39,48)(H,40,49)(H,41,51)(H,42,50)(H,45,46)(H4,34,35,36)/t20-,21-,22-,23-,26-/m0/s1. The van der Waals surface area contributed by atoms with Gasteiger partial charge in [-0.15, -0.1) is 0 Å². The molecule has 0 spiro atoms. The van der Waals surface area contributed by atoms with E-state index in [2.05, 4.69) is 36.9 Å². The summed E-state index contributed by atoms with van der Waals surface area (Å²) in [7, 11) is 0. The van der Waals surface area contributed by atoms with Crippen LogP contribution >= 0.6 is 0 Å². The summed E-state index contributed by atoms with van der Waals surface area (Å²) in [6.45, 7) is 3.02. The quantitative estimate of drug-likeness (QED) is 0.0546. The van der Waals surface area contributed by atoms with Gasteiger partial charge in [-0.3, -0.25) is 38.6 Å². The van der Waals surface area contributed by atoms with E-state index in [1.807, 2.05) is 0 Å². The number of hydrogen-bond donors (Lipinski definition) is 11. The van der Waals surface area contributed by atoms with Crippen LogP contribution < -0.4 is 49.1 Å². The molecule has 282 valence electrons. The third-order valence-corrected chi connectivity index (χ3v) is 7.87. The van der Waals surface area contributed by atoms with Crippen LogP contribution in [0.2, 0.25) is 0 Å². The molecular formula is C32H50N10O9. The maximum Gasteiger partial charge on any atom is 0.305 e. The fourth-order valence-electron chi connectivity index (χ4n) is 5.13. The zero-order valence-electron chi connectivity index (χ0n) is 28.8. The number of aliphatic carboxylic acids is 1. The molecule has 6 amide bonds. The van der Waals surface area contributed by atoms with Gasteiger partial charge in [0, 0.05) is 13.0 Å². The maximum absolute atomic E-state index is 13.6. The largest absolute Gasteiger partial charge is 0.508 e. The minimum absolute atomic E-state index is 0.0135. The molecule has 0 aliphatic carbocycles. The highest BCUT2D eigenvalue weighted by Gasteiger charge is 2.35. The summed E-state index contributed by atoms with van der Waals surface area (Å²) in [5, 5.41) is 34.3. The Morgan fingerprint density at radius 1 is 0.784 bits per heavy atom. The molecule has 5 atom stereocenters. The Labute approximate surface area is 295 Å². The van der Waals surface area contributed by atoms with Gasteiger partial charge >= 0.3 is 5.97 Å². The first-order chi connectivity index (χ1) is 24.1. The van der Waals surface area contributed by atoms with Crippen molar-refractivity contribution < 1.29 is 43.8 Å². The van der Waals surface area contributed by atoms with Gasteiger partial charge < -0.3 is 59.3 Å². The zero-order chi connectivity index (χ0) is 38.1. The Balaban J connectivity index is 2.54. The second-order valence-electron chi connectivity index (χ2n) is 12.5. The number of rotatable bonds is 13. The molecule has 1 aliphatic rings. The second-order valence-corrected chi connectivity index (χ2v) is 12.5. The van der Waals surface area contributed by atoms with Crippen molar-refractivity contribution in [2.24, 2.45) is 28.1 Å². The Bertz CT molecular complexity index is 1420. The molecule has 2 rings (SSSR count). The van der Waals surface area contributed by atoms with Crippen molar-refractivity contribution in [1.82, 2.24) is 31.9 Å². The number of hydrogen-bond acceptors (Lipinski definition) is 10. The Kier molecular flexibility index (Phi) is 17.1. The minimum atomic E-state index is -1.66. The van der Waals surface area contributed by atoms with Crippen molar-refractivity contribution in [2.45, 2.75) is 89.0 Å². The summed E-state index contributed by atoms with van der Waals surface area (Å²) in [6, 6.07) is -0.901. The molecule has 0 unspecified atom stereocenters. The van der Waals surface area contributed by atoms with Crippen molar-refractivity contribution in [2.75, 3.05) is 19.6 Å². The van der Waals surface area contributed by atoms with Gasteiger partial charge in [0.2, 0.25) is 35.4 Å². The molecule has 19 nitrogen and oxygen atoms in total. The van der Waals surface area contributed by atoms with E-state index < -0.39 is 90.5 Å². The van der Waals surface area contributed by atoms with E-state index in [-0.39, 0.29) is 50.5 Å².